The maximum atomic E-state index is 13.7. The van der Waals surface area contributed by atoms with Crippen molar-refractivity contribution in [2.75, 3.05) is 0 Å². The summed E-state index contributed by atoms with van der Waals surface area (Å²) in [6.07, 6.45) is 11.9. The average Bonchev–Trinajstić information content (AvgIpc) is 3.56. The molecule has 6 rings (SSSR count). The third-order valence-electron chi connectivity index (χ3n) is 6.79. The highest BCUT2D eigenvalue weighted by atomic mass is 19.1. The predicted octanol–water partition coefficient (Wildman–Crippen LogP) is 4.84. The summed E-state index contributed by atoms with van der Waals surface area (Å²) >= 11 is 0. The Labute approximate surface area is 201 Å². The lowest BCUT2D eigenvalue weighted by Crippen LogP contribution is -2.35. The highest BCUT2D eigenvalue weighted by Gasteiger charge is 2.24. The van der Waals surface area contributed by atoms with E-state index in [4.69, 9.17) is 10.7 Å². The molecule has 35 heavy (non-hydrogen) atoms. The topological polar surface area (TPSA) is 111 Å². The third kappa shape index (κ3) is 3.97. The second-order valence-corrected chi connectivity index (χ2v) is 9.11. The lowest BCUT2D eigenvalue weighted by Gasteiger charge is -2.28. The Morgan fingerprint density at radius 3 is 2.69 bits per heavy atom. The second-order valence-electron chi connectivity index (χ2n) is 9.11. The number of aromatic amines is 1. The number of hydrogen-bond donors (Lipinski definition) is 2. The molecule has 3 N–H and O–H groups in total. The first-order chi connectivity index (χ1) is 17.1. The van der Waals surface area contributed by atoms with Crippen LogP contribution in [0, 0.1) is 12.7 Å². The number of pyridine rings is 3. The minimum atomic E-state index is -0.342. The number of rotatable bonds is 4. The minimum Gasteiger partial charge on any atom is -0.326 e. The molecule has 0 amide bonds. The number of hydrogen-bond acceptors (Lipinski definition) is 6. The summed E-state index contributed by atoms with van der Waals surface area (Å²) in [5.74, 6) is -0.342. The molecule has 0 aliphatic heterocycles. The van der Waals surface area contributed by atoms with Gasteiger partial charge < -0.3 is 5.73 Å². The smallest absolute Gasteiger partial charge is 0.144 e. The molecule has 9 heteroatoms. The Hall–Kier alpha value is -3.98. The van der Waals surface area contributed by atoms with E-state index >= 15 is 0 Å². The Morgan fingerprint density at radius 2 is 1.83 bits per heavy atom. The minimum absolute atomic E-state index is 0.138. The van der Waals surface area contributed by atoms with Crippen molar-refractivity contribution in [1.82, 2.24) is 34.9 Å². The number of halogens is 1. The molecule has 0 unspecified atom stereocenters. The monoisotopic (exact) mass is 468 g/mol. The summed E-state index contributed by atoms with van der Waals surface area (Å²) < 4.78 is 15.7. The van der Waals surface area contributed by atoms with Crippen LogP contribution in [0.1, 0.15) is 37.4 Å². The average molecular weight is 469 g/mol. The van der Waals surface area contributed by atoms with Crippen LogP contribution in [0.4, 0.5) is 4.39 Å². The summed E-state index contributed by atoms with van der Waals surface area (Å²) in [5.41, 5.74) is 13.0. The van der Waals surface area contributed by atoms with Gasteiger partial charge in [0.2, 0.25) is 0 Å². The molecular weight excluding hydrogens is 443 g/mol. The molecule has 1 aliphatic carbocycles. The number of aromatic nitrogens is 7. The fourth-order valence-corrected chi connectivity index (χ4v) is 4.81. The normalized spacial score (nSPS) is 18.3. The van der Waals surface area contributed by atoms with E-state index in [9.17, 15) is 4.39 Å². The van der Waals surface area contributed by atoms with Crippen LogP contribution < -0.4 is 5.73 Å². The lowest BCUT2D eigenvalue weighted by atomic mass is 9.91. The van der Waals surface area contributed by atoms with Crippen molar-refractivity contribution < 1.29 is 4.39 Å². The molecule has 1 fully saturated rings. The van der Waals surface area contributed by atoms with Crippen LogP contribution in [0.25, 0.3) is 44.8 Å². The molecule has 0 saturated heterocycles. The van der Waals surface area contributed by atoms with Crippen LogP contribution in [-0.4, -0.2) is 41.0 Å². The van der Waals surface area contributed by atoms with Gasteiger partial charge in [0.1, 0.15) is 5.82 Å². The van der Waals surface area contributed by atoms with Gasteiger partial charge in [0.15, 0.2) is 0 Å². The van der Waals surface area contributed by atoms with Crippen LogP contribution in [0.5, 0.6) is 0 Å². The quantitative estimate of drug-likeness (QED) is 0.391. The van der Waals surface area contributed by atoms with Crippen molar-refractivity contribution in [2.45, 2.75) is 44.7 Å². The summed E-state index contributed by atoms with van der Waals surface area (Å²) in [6, 6.07) is 9.28. The van der Waals surface area contributed by atoms with E-state index in [0.29, 0.717) is 17.1 Å². The van der Waals surface area contributed by atoms with Crippen molar-refractivity contribution in [3.63, 3.8) is 0 Å². The van der Waals surface area contributed by atoms with Gasteiger partial charge in [-0.25, -0.2) is 14.4 Å². The van der Waals surface area contributed by atoms with Crippen molar-refractivity contribution in [3.8, 4) is 33.8 Å². The zero-order valence-corrected chi connectivity index (χ0v) is 19.3. The van der Waals surface area contributed by atoms with Gasteiger partial charge in [-0.15, -0.1) is 0 Å². The van der Waals surface area contributed by atoms with Crippen LogP contribution >= 0.6 is 0 Å². The first-order valence-electron chi connectivity index (χ1n) is 11.8. The molecule has 5 aromatic heterocycles. The number of nitrogens with zero attached hydrogens (tertiary/aromatic N) is 6. The fraction of sp³-hybridized carbons (Fsp3) is 0.269. The van der Waals surface area contributed by atoms with Gasteiger partial charge in [-0.05, 0) is 50.1 Å². The molecule has 8 nitrogen and oxygen atoms in total. The summed E-state index contributed by atoms with van der Waals surface area (Å²) in [6.45, 7) is 1.64. The van der Waals surface area contributed by atoms with Gasteiger partial charge in [-0.3, -0.25) is 14.8 Å². The molecule has 176 valence electrons. The van der Waals surface area contributed by atoms with Crippen molar-refractivity contribution in [2.24, 2.45) is 5.73 Å². The molecule has 5 heterocycles. The van der Waals surface area contributed by atoms with Crippen LogP contribution in [-0.2, 0) is 0 Å². The van der Waals surface area contributed by atoms with E-state index in [1.807, 2.05) is 35.3 Å². The molecule has 0 bridgehead atoms. The number of nitrogens with two attached hydrogens (primary N) is 1. The SMILES string of the molecule is Cc1nc(-c2[nH]ncc2-c2ccc3ncc(-c4cnn([C@H]5CCCC[C@H]5N)c4)cc3n2)ccc1F. The maximum absolute atomic E-state index is 13.7. The molecule has 0 spiro atoms. The van der Waals surface area contributed by atoms with Gasteiger partial charge >= 0.3 is 0 Å². The summed E-state index contributed by atoms with van der Waals surface area (Å²) in [7, 11) is 0. The van der Waals surface area contributed by atoms with Gasteiger partial charge in [-0.2, -0.15) is 10.2 Å². The molecule has 1 saturated carbocycles. The molecule has 1 aliphatic rings. The second kappa shape index (κ2) is 8.66. The van der Waals surface area contributed by atoms with Crippen molar-refractivity contribution in [3.05, 3.63) is 66.6 Å². The Balaban J connectivity index is 1.35. The number of aryl methyl sites for hydroxylation is 1. The fourth-order valence-electron chi connectivity index (χ4n) is 4.81. The van der Waals surface area contributed by atoms with Crippen LogP contribution in [0.2, 0.25) is 0 Å². The standard InChI is InChI=1S/C26H25FN8/c1-15-19(27)6-7-23(32-15)26-18(13-30-34-26)21-8-9-22-24(33-21)10-16(11-29-22)17-12-31-35(14-17)25-5-3-2-4-20(25)28/h6-14,20,25H,2-5,28H2,1H3,(H,30,34)/t20-,25+/m1/s1. The van der Waals surface area contributed by atoms with Gasteiger partial charge in [-0.1, -0.05) is 12.8 Å². The van der Waals surface area contributed by atoms with E-state index < -0.39 is 0 Å². The van der Waals surface area contributed by atoms with E-state index in [1.165, 1.54) is 18.9 Å². The van der Waals surface area contributed by atoms with Gasteiger partial charge in [0.25, 0.3) is 0 Å². The molecule has 0 aromatic carbocycles. The zero-order valence-electron chi connectivity index (χ0n) is 19.3. The predicted molar refractivity (Wildman–Crippen MR) is 132 cm³/mol. The largest absolute Gasteiger partial charge is 0.326 e. The molecule has 2 atom stereocenters. The number of H-pyrrole nitrogens is 1. The molecular formula is C26H25FN8. The Morgan fingerprint density at radius 1 is 0.971 bits per heavy atom. The molecule has 0 radical (unpaired) electrons. The maximum Gasteiger partial charge on any atom is 0.144 e. The lowest BCUT2D eigenvalue weighted by molar-refractivity contribution is 0.286. The van der Waals surface area contributed by atoms with E-state index in [2.05, 4.69) is 31.5 Å². The number of nitrogens with one attached hydrogen (secondary N) is 1. The highest BCUT2D eigenvalue weighted by Crippen LogP contribution is 2.31. The van der Waals surface area contributed by atoms with Crippen LogP contribution in [0.15, 0.2) is 55.1 Å². The highest BCUT2D eigenvalue weighted by molar-refractivity contribution is 5.84. The molecule has 5 aromatic rings. The van der Waals surface area contributed by atoms with Crippen molar-refractivity contribution >= 4 is 11.0 Å². The van der Waals surface area contributed by atoms with E-state index in [1.54, 1.807) is 19.2 Å². The van der Waals surface area contributed by atoms with Crippen molar-refractivity contribution in [1.29, 1.82) is 0 Å². The number of fused-ring (bicyclic) bond motifs is 1. The van der Waals surface area contributed by atoms with E-state index in [-0.39, 0.29) is 17.9 Å². The van der Waals surface area contributed by atoms with Crippen LogP contribution in [0.3, 0.4) is 0 Å². The van der Waals surface area contributed by atoms with Gasteiger partial charge in [0.05, 0.1) is 52.2 Å². The third-order valence-corrected chi connectivity index (χ3v) is 6.79. The summed E-state index contributed by atoms with van der Waals surface area (Å²) in [4.78, 5) is 13.8. The Kier molecular flexibility index (Phi) is 5.33. The van der Waals surface area contributed by atoms with E-state index in [0.717, 1.165) is 46.3 Å². The first-order valence-corrected chi connectivity index (χ1v) is 11.8. The zero-order chi connectivity index (χ0) is 23.9. The van der Waals surface area contributed by atoms with Gasteiger partial charge in [0, 0.05) is 35.1 Å². The first kappa shape index (κ1) is 21.5. The summed E-state index contributed by atoms with van der Waals surface area (Å²) in [5, 5.41) is 11.8. The Bertz CT molecular complexity index is 1520.